The summed E-state index contributed by atoms with van der Waals surface area (Å²) in [6.45, 7) is 8.72. The predicted molar refractivity (Wildman–Crippen MR) is 89.4 cm³/mol. The van der Waals surface area contributed by atoms with Gasteiger partial charge in [0.15, 0.2) is 0 Å². The van der Waals surface area contributed by atoms with Crippen LogP contribution in [0.15, 0.2) is 0 Å². The first-order valence-corrected chi connectivity index (χ1v) is 9.71. The Morgan fingerprint density at radius 2 is 1.55 bits per heavy atom. The van der Waals surface area contributed by atoms with E-state index < -0.39 is 0 Å². The predicted octanol–water partition coefficient (Wildman–Crippen LogP) is 5.21. The zero-order valence-electron chi connectivity index (χ0n) is 14.9. The van der Waals surface area contributed by atoms with Crippen LogP contribution in [0.5, 0.6) is 0 Å². The monoisotopic (exact) mass is 306 g/mol. The Bertz CT molecular complexity index is 386. The highest BCUT2D eigenvalue weighted by molar-refractivity contribution is 5.72. The van der Waals surface area contributed by atoms with E-state index in [2.05, 4.69) is 20.8 Å². The molecule has 2 nitrogen and oxygen atoms in total. The van der Waals surface area contributed by atoms with Gasteiger partial charge in [-0.25, -0.2) is 0 Å². The summed E-state index contributed by atoms with van der Waals surface area (Å²) in [6.07, 6.45) is 9.89. The first-order chi connectivity index (χ1) is 10.5. The highest BCUT2D eigenvalue weighted by Crippen LogP contribution is 2.61. The van der Waals surface area contributed by atoms with Gasteiger partial charge in [-0.3, -0.25) is 4.79 Å². The number of rotatable bonds is 6. The Labute approximate surface area is 136 Å². The number of ether oxygens (including phenoxy) is 1. The van der Waals surface area contributed by atoms with Gasteiger partial charge in [0, 0.05) is 0 Å². The summed E-state index contributed by atoms with van der Waals surface area (Å²) in [4.78, 5) is 12.6. The molecule has 4 aliphatic rings. The molecule has 4 aliphatic carbocycles. The molecule has 0 aliphatic heterocycles. The minimum atomic E-state index is -0.122. The van der Waals surface area contributed by atoms with E-state index >= 15 is 0 Å². The van der Waals surface area contributed by atoms with E-state index in [9.17, 15) is 4.79 Å². The topological polar surface area (TPSA) is 26.3 Å². The Morgan fingerprint density at radius 1 is 1.00 bits per heavy atom. The first kappa shape index (κ1) is 16.3. The lowest BCUT2D eigenvalue weighted by atomic mass is 9.48. The second-order valence-electron chi connectivity index (χ2n) is 8.71. The Morgan fingerprint density at radius 3 is 2.00 bits per heavy atom. The van der Waals surface area contributed by atoms with Gasteiger partial charge in [0.2, 0.25) is 0 Å². The third kappa shape index (κ3) is 2.71. The van der Waals surface area contributed by atoms with E-state index in [1.165, 1.54) is 38.5 Å². The maximum absolute atomic E-state index is 12.6. The van der Waals surface area contributed by atoms with Gasteiger partial charge in [0.25, 0.3) is 0 Å². The molecule has 0 heterocycles. The fourth-order valence-corrected chi connectivity index (χ4v) is 5.67. The molecule has 4 fully saturated rings. The molecule has 2 heteroatoms. The van der Waals surface area contributed by atoms with Crippen LogP contribution in [0.1, 0.15) is 79.1 Å². The van der Waals surface area contributed by atoms with Crippen molar-refractivity contribution in [3.8, 4) is 0 Å². The molecule has 0 aromatic heterocycles. The molecular formula is C20H34O2. The van der Waals surface area contributed by atoms with Gasteiger partial charge in [0.05, 0.1) is 5.92 Å². The highest BCUT2D eigenvalue weighted by Gasteiger charge is 2.59. The zero-order chi connectivity index (χ0) is 15.9. The van der Waals surface area contributed by atoms with E-state index in [0.717, 1.165) is 24.7 Å². The molecular weight excluding hydrogens is 272 g/mol. The second-order valence-corrected chi connectivity index (χ2v) is 8.71. The van der Waals surface area contributed by atoms with Crippen LogP contribution < -0.4 is 0 Å². The van der Waals surface area contributed by atoms with Crippen LogP contribution in [-0.4, -0.2) is 11.6 Å². The number of hydrogen-bond acceptors (Lipinski definition) is 2. The third-order valence-corrected chi connectivity index (χ3v) is 7.19. The minimum absolute atomic E-state index is 0.0472. The van der Waals surface area contributed by atoms with Gasteiger partial charge in [-0.05, 0) is 74.5 Å². The smallest absolute Gasteiger partial charge is 0.309 e. The molecule has 0 saturated heterocycles. The lowest BCUT2D eigenvalue weighted by Crippen LogP contribution is -2.60. The molecule has 2 atom stereocenters. The summed E-state index contributed by atoms with van der Waals surface area (Å²) in [5, 5.41) is 0. The summed E-state index contributed by atoms with van der Waals surface area (Å²) in [6, 6.07) is 0. The average Bonchev–Trinajstić information content (AvgIpc) is 2.50. The van der Waals surface area contributed by atoms with Crippen molar-refractivity contribution in [2.45, 2.75) is 84.7 Å². The van der Waals surface area contributed by atoms with Gasteiger partial charge in [0.1, 0.15) is 5.60 Å². The summed E-state index contributed by atoms with van der Waals surface area (Å²) in [5.74, 6) is 3.91. The van der Waals surface area contributed by atoms with Crippen LogP contribution in [0, 0.1) is 35.5 Å². The Hall–Kier alpha value is -0.530. The van der Waals surface area contributed by atoms with Gasteiger partial charge in [-0.15, -0.1) is 0 Å². The number of carbonyl (C=O) groups excluding carboxylic acids is 1. The maximum atomic E-state index is 12.6. The van der Waals surface area contributed by atoms with E-state index in [-0.39, 0.29) is 17.5 Å². The highest BCUT2D eigenvalue weighted by atomic mass is 16.6. The third-order valence-electron chi connectivity index (χ3n) is 7.19. The standard InChI is InChI=1S/C20H34O2/c1-5-13(3)12-20(22-19(21)14(4)6-2)17-8-15-7-16(10-17)11-18(20)9-15/h13-18H,5-12H2,1-4H3. The molecule has 4 saturated carbocycles. The van der Waals surface area contributed by atoms with Crippen LogP contribution in [0.4, 0.5) is 0 Å². The van der Waals surface area contributed by atoms with Crippen molar-refractivity contribution in [1.29, 1.82) is 0 Å². The zero-order valence-corrected chi connectivity index (χ0v) is 14.9. The van der Waals surface area contributed by atoms with Crippen LogP contribution >= 0.6 is 0 Å². The summed E-state index contributed by atoms with van der Waals surface area (Å²) in [5.41, 5.74) is -0.122. The first-order valence-electron chi connectivity index (χ1n) is 9.71. The van der Waals surface area contributed by atoms with E-state index in [1.807, 2.05) is 6.92 Å². The molecule has 0 spiro atoms. The minimum Gasteiger partial charge on any atom is -0.458 e. The molecule has 0 radical (unpaired) electrons. The second kappa shape index (κ2) is 6.17. The van der Waals surface area contributed by atoms with Crippen LogP contribution in [0.2, 0.25) is 0 Å². The van der Waals surface area contributed by atoms with Crippen LogP contribution in [-0.2, 0) is 9.53 Å². The fourth-order valence-electron chi connectivity index (χ4n) is 5.67. The summed E-state index contributed by atoms with van der Waals surface area (Å²) >= 11 is 0. The van der Waals surface area contributed by atoms with Crippen molar-refractivity contribution in [2.24, 2.45) is 35.5 Å². The van der Waals surface area contributed by atoms with Gasteiger partial charge in [-0.1, -0.05) is 34.1 Å². The van der Waals surface area contributed by atoms with Crippen molar-refractivity contribution in [3.63, 3.8) is 0 Å². The lowest BCUT2D eigenvalue weighted by molar-refractivity contribution is -0.218. The van der Waals surface area contributed by atoms with Gasteiger partial charge >= 0.3 is 5.97 Å². The Balaban J connectivity index is 1.85. The molecule has 0 aromatic carbocycles. The molecule has 0 aromatic rings. The molecule has 22 heavy (non-hydrogen) atoms. The summed E-state index contributed by atoms with van der Waals surface area (Å²) in [7, 11) is 0. The van der Waals surface area contributed by atoms with Crippen LogP contribution in [0.3, 0.4) is 0 Å². The number of esters is 1. The normalized spacial score (nSPS) is 42.2. The molecule has 126 valence electrons. The largest absolute Gasteiger partial charge is 0.458 e. The van der Waals surface area contributed by atoms with Crippen molar-refractivity contribution in [1.82, 2.24) is 0 Å². The van der Waals surface area contributed by atoms with Crippen LogP contribution in [0.25, 0.3) is 0 Å². The van der Waals surface area contributed by atoms with Crippen molar-refractivity contribution < 1.29 is 9.53 Å². The number of hydrogen-bond donors (Lipinski definition) is 0. The SMILES string of the molecule is CCC(C)CC1(OC(=O)C(C)CC)C2CC3CC(C2)CC1C3. The Kier molecular flexibility index (Phi) is 4.58. The van der Waals surface area contributed by atoms with Crippen molar-refractivity contribution >= 4 is 5.97 Å². The van der Waals surface area contributed by atoms with E-state index in [1.54, 1.807) is 0 Å². The number of carbonyl (C=O) groups is 1. The van der Waals surface area contributed by atoms with E-state index in [0.29, 0.717) is 17.8 Å². The van der Waals surface area contributed by atoms with Crippen molar-refractivity contribution in [3.05, 3.63) is 0 Å². The van der Waals surface area contributed by atoms with Crippen molar-refractivity contribution in [2.75, 3.05) is 0 Å². The lowest BCUT2D eigenvalue weighted by Gasteiger charge is -2.61. The maximum Gasteiger partial charge on any atom is 0.309 e. The molecule has 2 unspecified atom stereocenters. The molecule has 0 amide bonds. The van der Waals surface area contributed by atoms with E-state index in [4.69, 9.17) is 4.74 Å². The molecule has 0 N–H and O–H groups in total. The molecule has 4 rings (SSSR count). The van der Waals surface area contributed by atoms with Gasteiger partial charge in [-0.2, -0.15) is 0 Å². The summed E-state index contributed by atoms with van der Waals surface area (Å²) < 4.78 is 6.40. The van der Waals surface area contributed by atoms with Gasteiger partial charge < -0.3 is 4.74 Å². The molecule has 4 bridgehead atoms. The fraction of sp³-hybridized carbons (Fsp3) is 0.950. The quantitative estimate of drug-likeness (QED) is 0.630. The average molecular weight is 306 g/mol.